The average Bonchev–Trinajstić information content (AvgIpc) is 2.85. The molecular formula is C37H63N6O12P. The Labute approximate surface area is 330 Å². The first-order valence-electron chi connectivity index (χ1n) is 17.7. The topological polar surface area (TPSA) is 255 Å². The van der Waals surface area contributed by atoms with Crippen molar-refractivity contribution in [3.05, 3.63) is 23.8 Å². The molecule has 1 aromatic carbocycles. The van der Waals surface area contributed by atoms with E-state index in [4.69, 9.17) is 34.9 Å². The van der Waals surface area contributed by atoms with Crippen molar-refractivity contribution >= 4 is 55.5 Å². The van der Waals surface area contributed by atoms with Gasteiger partial charge in [0.05, 0.1) is 11.4 Å². The summed E-state index contributed by atoms with van der Waals surface area (Å²) in [6.07, 6.45) is -4.68. The molecule has 0 atom stereocenters. The summed E-state index contributed by atoms with van der Waals surface area (Å²) in [5.41, 5.74) is 3.48. The highest BCUT2D eigenvalue weighted by molar-refractivity contribution is 7.46. The van der Waals surface area contributed by atoms with Gasteiger partial charge >= 0.3 is 32.2 Å². The molecule has 6 N–H and O–H groups in total. The lowest BCUT2D eigenvalue weighted by Crippen LogP contribution is -2.52. The van der Waals surface area contributed by atoms with Crippen molar-refractivity contribution in [1.29, 1.82) is 0 Å². The average molecular weight is 815 g/mol. The summed E-state index contributed by atoms with van der Waals surface area (Å²) in [6, 6.07) is 3.77. The molecule has 4 amide bonds. The third-order valence-electron chi connectivity index (χ3n) is 7.00. The molecule has 0 spiro atoms. The second kappa shape index (κ2) is 16.7. The van der Waals surface area contributed by atoms with E-state index in [1.807, 2.05) is 0 Å². The second-order valence-electron chi connectivity index (χ2n) is 19.0. The lowest BCUT2D eigenvalue weighted by atomic mass is 9.59. The summed E-state index contributed by atoms with van der Waals surface area (Å²) in [7, 11) is -5.36. The van der Waals surface area contributed by atoms with E-state index in [-0.39, 0.29) is 16.9 Å². The molecule has 318 valence electrons. The van der Waals surface area contributed by atoms with E-state index >= 15 is 0 Å². The summed E-state index contributed by atoms with van der Waals surface area (Å²) in [5, 5.41) is 0. The van der Waals surface area contributed by atoms with Gasteiger partial charge in [0.15, 0.2) is 0 Å². The first-order valence-corrected chi connectivity index (χ1v) is 19.2. The number of amides is 4. The first-order chi connectivity index (χ1) is 24.6. The fourth-order valence-corrected chi connectivity index (χ4v) is 6.70. The van der Waals surface area contributed by atoms with Crippen molar-refractivity contribution in [2.24, 2.45) is 32.3 Å². The normalized spacial score (nSPS) is 14.1. The molecule has 0 unspecified atom stereocenters. The zero-order valence-corrected chi connectivity index (χ0v) is 37.0. The van der Waals surface area contributed by atoms with Gasteiger partial charge in [-0.3, -0.25) is 4.52 Å². The van der Waals surface area contributed by atoms with Crippen LogP contribution in [0.1, 0.15) is 130 Å². The van der Waals surface area contributed by atoms with E-state index < -0.39 is 83.0 Å². The van der Waals surface area contributed by atoms with Crippen LogP contribution in [-0.4, -0.2) is 68.5 Å². The molecule has 0 fully saturated rings. The molecule has 0 saturated heterocycles. The first kappa shape index (κ1) is 49.8. The second-order valence-corrected chi connectivity index (χ2v) is 20.2. The number of phosphoric acid groups is 1. The SMILES string of the molecule is CC(C)(C)OC(=O)N=C(N)N(C(=O)OC(C)(C)C)c1cc(N(C(=O)OC(C)(C)C)C(N)=NC(=O)OC(C)(C)C)cc(C(OP(=O)(O)O)(C(C)(C)C)C(C)(C)C)c1. The molecular weight excluding hydrogens is 751 g/mol. The van der Waals surface area contributed by atoms with E-state index in [1.165, 1.54) is 18.2 Å². The highest BCUT2D eigenvalue weighted by Crippen LogP contribution is 2.61. The van der Waals surface area contributed by atoms with Crippen LogP contribution < -0.4 is 21.3 Å². The molecule has 0 bridgehead atoms. The number of benzene rings is 1. The third kappa shape index (κ3) is 14.7. The van der Waals surface area contributed by atoms with Gasteiger partial charge in [0, 0.05) is 0 Å². The smallest absolute Gasteiger partial charge is 0.443 e. The predicted molar refractivity (Wildman–Crippen MR) is 213 cm³/mol. The number of carbonyl (C=O) groups excluding carboxylic acids is 4. The molecule has 0 aliphatic heterocycles. The number of ether oxygens (including phenoxy) is 4. The minimum Gasteiger partial charge on any atom is -0.443 e. The lowest BCUT2D eigenvalue weighted by Gasteiger charge is -2.53. The molecule has 0 radical (unpaired) electrons. The Hall–Kier alpha value is -4.25. The number of hydrogen-bond donors (Lipinski definition) is 4. The Morgan fingerprint density at radius 1 is 0.554 bits per heavy atom. The van der Waals surface area contributed by atoms with Gasteiger partial charge < -0.3 is 40.2 Å². The van der Waals surface area contributed by atoms with Gasteiger partial charge in [0.1, 0.15) is 28.0 Å². The molecule has 0 aromatic heterocycles. The Balaban J connectivity index is 4.80. The van der Waals surface area contributed by atoms with Crippen LogP contribution in [0.2, 0.25) is 0 Å². The maximum atomic E-state index is 14.1. The fourth-order valence-electron chi connectivity index (χ4n) is 5.69. The van der Waals surface area contributed by atoms with Gasteiger partial charge in [0.25, 0.3) is 0 Å². The van der Waals surface area contributed by atoms with Crippen molar-refractivity contribution in [3.63, 3.8) is 0 Å². The number of phosphoric ester groups is 1. The molecule has 0 saturated carbocycles. The summed E-state index contributed by atoms with van der Waals surface area (Å²) in [6.45, 7) is 28.9. The van der Waals surface area contributed by atoms with Gasteiger partial charge in [-0.1, -0.05) is 41.5 Å². The minimum atomic E-state index is -5.36. The Morgan fingerprint density at radius 3 is 1.07 bits per heavy atom. The summed E-state index contributed by atoms with van der Waals surface area (Å²) in [5.74, 6) is -1.52. The van der Waals surface area contributed by atoms with Crippen LogP contribution in [0.5, 0.6) is 0 Å². The summed E-state index contributed by atoms with van der Waals surface area (Å²) in [4.78, 5) is 83.8. The Kier molecular flexibility index (Phi) is 14.8. The van der Waals surface area contributed by atoms with Crippen molar-refractivity contribution in [2.75, 3.05) is 9.80 Å². The summed E-state index contributed by atoms with van der Waals surface area (Å²) < 4.78 is 40.6. The maximum absolute atomic E-state index is 14.1. The van der Waals surface area contributed by atoms with E-state index in [1.54, 1.807) is 125 Å². The minimum absolute atomic E-state index is 0.0504. The van der Waals surface area contributed by atoms with Gasteiger partial charge in [-0.15, -0.1) is 9.98 Å². The van der Waals surface area contributed by atoms with Gasteiger partial charge in [-0.25, -0.2) is 33.5 Å². The van der Waals surface area contributed by atoms with Crippen LogP contribution in [0.4, 0.5) is 30.6 Å². The van der Waals surface area contributed by atoms with Crippen molar-refractivity contribution in [1.82, 2.24) is 0 Å². The number of nitrogens with two attached hydrogens (primary N) is 2. The molecule has 0 aliphatic carbocycles. The number of carbonyl (C=O) groups is 4. The predicted octanol–water partition coefficient (Wildman–Crippen LogP) is 8.07. The molecule has 56 heavy (non-hydrogen) atoms. The molecule has 0 aliphatic rings. The highest BCUT2D eigenvalue weighted by Gasteiger charge is 2.57. The molecule has 18 nitrogen and oxygen atoms in total. The Morgan fingerprint density at radius 2 is 0.839 bits per heavy atom. The van der Waals surface area contributed by atoms with E-state index in [2.05, 4.69) is 9.98 Å². The van der Waals surface area contributed by atoms with Crippen molar-refractivity contribution in [3.8, 4) is 0 Å². The largest absolute Gasteiger partial charge is 0.470 e. The number of aliphatic imine (C=N–C) groups is 2. The number of guanidine groups is 2. The fraction of sp³-hybridized carbons (Fsp3) is 0.676. The van der Waals surface area contributed by atoms with Crippen LogP contribution >= 0.6 is 7.82 Å². The number of nitrogens with zero attached hydrogens (tertiary/aromatic N) is 4. The lowest BCUT2D eigenvalue weighted by molar-refractivity contribution is -0.135. The van der Waals surface area contributed by atoms with Crippen LogP contribution in [-0.2, 0) is 33.6 Å². The zero-order chi connectivity index (χ0) is 44.4. The molecule has 1 rings (SSSR count). The van der Waals surface area contributed by atoms with Crippen LogP contribution in [0, 0.1) is 10.8 Å². The van der Waals surface area contributed by atoms with Gasteiger partial charge in [-0.05, 0) is 118 Å². The standard InChI is InChI=1S/C37H63N6O12P/c1-31(2,3)37(32(4,5)6,55-56(48,49)50)22-19-23(42(29(46)53-35(13,14)15)25(38)40-27(44)51-33(7,8)9)21-24(20-22)43(30(47)54-36(16,17)18)26(39)41-28(45)52-34(10,11)12/h19-21H,1-18H3,(H2,38,40,44)(H2,39,41,45)(H2,48,49,50). The van der Waals surface area contributed by atoms with E-state index in [0.717, 1.165) is 0 Å². The summed E-state index contributed by atoms with van der Waals surface area (Å²) >= 11 is 0. The Bertz CT molecular complexity index is 1640. The van der Waals surface area contributed by atoms with Gasteiger partial charge in [0.2, 0.25) is 11.9 Å². The van der Waals surface area contributed by atoms with Gasteiger partial charge in [-0.2, -0.15) is 0 Å². The maximum Gasteiger partial charge on any atom is 0.470 e. The highest BCUT2D eigenvalue weighted by atomic mass is 31.2. The quantitative estimate of drug-likeness (QED) is 0.0949. The van der Waals surface area contributed by atoms with Crippen molar-refractivity contribution < 1.29 is 57.0 Å². The third-order valence-corrected chi connectivity index (χ3v) is 7.51. The monoisotopic (exact) mass is 814 g/mol. The number of hydrogen-bond acceptors (Lipinski definition) is 10. The zero-order valence-electron chi connectivity index (χ0n) is 36.1. The van der Waals surface area contributed by atoms with E-state index in [0.29, 0.717) is 9.80 Å². The number of anilines is 2. The van der Waals surface area contributed by atoms with Crippen LogP contribution in [0.3, 0.4) is 0 Å². The molecule has 0 heterocycles. The van der Waals surface area contributed by atoms with E-state index in [9.17, 15) is 33.5 Å². The van der Waals surface area contributed by atoms with Crippen molar-refractivity contribution in [2.45, 2.75) is 153 Å². The molecule has 19 heteroatoms. The van der Waals surface area contributed by atoms with Crippen LogP contribution in [0.15, 0.2) is 28.2 Å². The molecule has 1 aromatic rings. The number of rotatable bonds is 5. The van der Waals surface area contributed by atoms with Crippen LogP contribution in [0.25, 0.3) is 0 Å².